The molecule has 19 heavy (non-hydrogen) atoms. The van der Waals surface area contributed by atoms with Gasteiger partial charge >= 0.3 is 5.97 Å². The minimum Gasteiger partial charge on any atom is -0.468 e. The number of esters is 1. The first-order chi connectivity index (χ1) is 9.11. The van der Waals surface area contributed by atoms with E-state index in [1.165, 1.54) is 23.6 Å². The standard InChI is InChI=1S/C10H13N5O3S/c1-6-8(7(2)18-12-6)5-19-10-11-13-14-15(10)4-9(16)17-3/h4-5H2,1-3H3. The Morgan fingerprint density at radius 2 is 2.26 bits per heavy atom. The number of thioether (sulfide) groups is 1. The second-order valence-electron chi connectivity index (χ2n) is 3.79. The Morgan fingerprint density at radius 1 is 1.47 bits per heavy atom. The number of ether oxygens (including phenoxy) is 1. The van der Waals surface area contributed by atoms with Crippen molar-refractivity contribution in [1.82, 2.24) is 25.4 Å². The van der Waals surface area contributed by atoms with Gasteiger partial charge in [-0.1, -0.05) is 16.9 Å². The molecule has 0 aliphatic rings. The third kappa shape index (κ3) is 3.11. The highest BCUT2D eigenvalue weighted by molar-refractivity contribution is 7.98. The molecule has 0 aliphatic heterocycles. The minimum atomic E-state index is -0.397. The van der Waals surface area contributed by atoms with E-state index in [-0.39, 0.29) is 6.54 Å². The minimum absolute atomic E-state index is 0.00651. The van der Waals surface area contributed by atoms with Gasteiger partial charge in [0, 0.05) is 11.3 Å². The van der Waals surface area contributed by atoms with E-state index in [4.69, 9.17) is 4.52 Å². The van der Waals surface area contributed by atoms with E-state index in [1.54, 1.807) is 0 Å². The van der Waals surface area contributed by atoms with Crippen LogP contribution in [0.4, 0.5) is 0 Å². The summed E-state index contributed by atoms with van der Waals surface area (Å²) >= 11 is 1.41. The van der Waals surface area contributed by atoms with Crippen molar-refractivity contribution < 1.29 is 14.1 Å². The van der Waals surface area contributed by atoms with E-state index in [0.717, 1.165) is 17.0 Å². The SMILES string of the molecule is COC(=O)Cn1nnnc1SCc1c(C)noc1C. The Labute approximate surface area is 113 Å². The van der Waals surface area contributed by atoms with Crippen LogP contribution < -0.4 is 0 Å². The number of carbonyl (C=O) groups is 1. The maximum absolute atomic E-state index is 11.2. The summed E-state index contributed by atoms with van der Waals surface area (Å²) in [5.74, 6) is 1.01. The maximum Gasteiger partial charge on any atom is 0.327 e. The maximum atomic E-state index is 11.2. The summed E-state index contributed by atoms with van der Waals surface area (Å²) in [5.41, 5.74) is 1.86. The van der Waals surface area contributed by atoms with Gasteiger partial charge in [0.1, 0.15) is 12.3 Å². The van der Waals surface area contributed by atoms with E-state index in [1.807, 2.05) is 13.8 Å². The van der Waals surface area contributed by atoms with Crippen LogP contribution >= 0.6 is 11.8 Å². The molecule has 8 nitrogen and oxygen atoms in total. The Bertz CT molecular complexity index is 560. The summed E-state index contributed by atoms with van der Waals surface area (Å²) in [5, 5.41) is 15.6. The van der Waals surface area contributed by atoms with Gasteiger partial charge in [-0.05, 0) is 24.3 Å². The van der Waals surface area contributed by atoms with Crippen molar-refractivity contribution in [2.75, 3.05) is 7.11 Å². The Balaban J connectivity index is 2.04. The molecule has 0 saturated heterocycles. The number of methoxy groups -OCH3 is 1. The third-order valence-corrected chi connectivity index (χ3v) is 3.52. The average Bonchev–Trinajstić information content (AvgIpc) is 2.95. The van der Waals surface area contributed by atoms with Gasteiger partial charge in [-0.3, -0.25) is 4.79 Å². The molecule has 0 atom stereocenters. The van der Waals surface area contributed by atoms with Crippen LogP contribution in [0.25, 0.3) is 0 Å². The summed E-state index contributed by atoms with van der Waals surface area (Å²) in [6, 6.07) is 0. The van der Waals surface area contributed by atoms with Crippen LogP contribution in [0, 0.1) is 13.8 Å². The van der Waals surface area contributed by atoms with Crippen molar-refractivity contribution in [3.05, 3.63) is 17.0 Å². The fourth-order valence-electron chi connectivity index (χ4n) is 1.43. The Kier molecular flexibility index (Phi) is 4.15. The zero-order valence-corrected chi connectivity index (χ0v) is 11.6. The van der Waals surface area contributed by atoms with Gasteiger partial charge in [0.05, 0.1) is 12.8 Å². The molecule has 2 rings (SSSR count). The lowest BCUT2D eigenvalue weighted by Crippen LogP contribution is -2.13. The molecule has 0 radical (unpaired) electrons. The molecular weight excluding hydrogens is 270 g/mol. The highest BCUT2D eigenvalue weighted by atomic mass is 32.2. The van der Waals surface area contributed by atoms with Gasteiger partial charge in [0.25, 0.3) is 0 Å². The van der Waals surface area contributed by atoms with Crippen molar-refractivity contribution >= 4 is 17.7 Å². The molecule has 0 fully saturated rings. The van der Waals surface area contributed by atoms with E-state index < -0.39 is 5.97 Å². The largest absolute Gasteiger partial charge is 0.468 e. The average molecular weight is 283 g/mol. The fraction of sp³-hybridized carbons (Fsp3) is 0.500. The summed E-state index contributed by atoms with van der Waals surface area (Å²) in [6.45, 7) is 3.73. The number of nitrogens with zero attached hydrogens (tertiary/aromatic N) is 5. The van der Waals surface area contributed by atoms with Crippen LogP contribution in [0.3, 0.4) is 0 Å². The molecule has 9 heteroatoms. The Morgan fingerprint density at radius 3 is 2.89 bits per heavy atom. The first kappa shape index (κ1) is 13.5. The molecule has 102 valence electrons. The second-order valence-corrected chi connectivity index (χ2v) is 4.73. The summed E-state index contributed by atoms with van der Waals surface area (Å²) in [6.07, 6.45) is 0. The molecule has 0 unspecified atom stereocenters. The highest BCUT2D eigenvalue weighted by Crippen LogP contribution is 2.24. The number of hydrogen-bond donors (Lipinski definition) is 0. The van der Waals surface area contributed by atoms with Crippen molar-refractivity contribution in [3.8, 4) is 0 Å². The van der Waals surface area contributed by atoms with Crippen LogP contribution in [0.2, 0.25) is 0 Å². The zero-order valence-electron chi connectivity index (χ0n) is 10.8. The fourth-order valence-corrected chi connectivity index (χ4v) is 2.46. The van der Waals surface area contributed by atoms with Crippen LogP contribution in [-0.4, -0.2) is 38.4 Å². The summed E-state index contributed by atoms with van der Waals surface area (Å²) in [4.78, 5) is 11.2. The first-order valence-corrected chi connectivity index (χ1v) is 6.48. The second kappa shape index (κ2) is 5.83. The topological polar surface area (TPSA) is 95.9 Å². The van der Waals surface area contributed by atoms with E-state index >= 15 is 0 Å². The molecule has 2 heterocycles. The number of tetrazole rings is 1. The molecule has 0 aliphatic carbocycles. The van der Waals surface area contributed by atoms with Gasteiger partial charge in [0.15, 0.2) is 0 Å². The lowest BCUT2D eigenvalue weighted by Gasteiger charge is -2.02. The van der Waals surface area contributed by atoms with Crippen LogP contribution in [0.5, 0.6) is 0 Å². The van der Waals surface area contributed by atoms with E-state index in [2.05, 4.69) is 25.4 Å². The molecule has 0 spiro atoms. The highest BCUT2D eigenvalue weighted by Gasteiger charge is 2.14. The Hall–Kier alpha value is -1.90. The molecule has 2 aromatic rings. The van der Waals surface area contributed by atoms with Gasteiger partial charge in [-0.2, -0.15) is 0 Å². The number of aryl methyl sites for hydroxylation is 2. The monoisotopic (exact) mass is 283 g/mol. The van der Waals surface area contributed by atoms with Crippen molar-refractivity contribution in [2.45, 2.75) is 31.3 Å². The van der Waals surface area contributed by atoms with E-state index in [9.17, 15) is 4.79 Å². The predicted molar refractivity (Wildman–Crippen MR) is 65.4 cm³/mol. The van der Waals surface area contributed by atoms with Gasteiger partial charge in [-0.25, -0.2) is 4.68 Å². The number of hydrogen-bond acceptors (Lipinski definition) is 8. The lowest BCUT2D eigenvalue weighted by atomic mass is 10.2. The van der Waals surface area contributed by atoms with Crippen molar-refractivity contribution in [3.63, 3.8) is 0 Å². The smallest absolute Gasteiger partial charge is 0.327 e. The predicted octanol–water partition coefficient (Wildman–Crippen LogP) is 0.743. The van der Waals surface area contributed by atoms with Crippen LogP contribution in [-0.2, 0) is 21.8 Å². The normalized spacial score (nSPS) is 10.7. The quantitative estimate of drug-likeness (QED) is 0.585. The molecule has 0 aromatic carbocycles. The molecule has 0 bridgehead atoms. The summed E-state index contributed by atoms with van der Waals surface area (Å²) < 4.78 is 11.1. The molecule has 0 saturated carbocycles. The van der Waals surface area contributed by atoms with Crippen LogP contribution in [0.1, 0.15) is 17.0 Å². The van der Waals surface area contributed by atoms with Gasteiger partial charge in [0.2, 0.25) is 5.16 Å². The third-order valence-electron chi connectivity index (χ3n) is 2.53. The number of rotatable bonds is 5. The van der Waals surface area contributed by atoms with E-state index in [0.29, 0.717) is 10.9 Å². The number of carbonyl (C=O) groups excluding carboxylic acids is 1. The zero-order chi connectivity index (χ0) is 13.8. The molecule has 0 N–H and O–H groups in total. The van der Waals surface area contributed by atoms with Gasteiger partial charge in [-0.15, -0.1) is 5.10 Å². The molecular formula is C10H13N5O3S. The van der Waals surface area contributed by atoms with Crippen molar-refractivity contribution in [1.29, 1.82) is 0 Å². The van der Waals surface area contributed by atoms with Crippen LogP contribution in [0.15, 0.2) is 9.68 Å². The molecule has 0 amide bonds. The van der Waals surface area contributed by atoms with Crippen molar-refractivity contribution in [2.24, 2.45) is 0 Å². The summed E-state index contributed by atoms with van der Waals surface area (Å²) in [7, 11) is 1.32. The first-order valence-electron chi connectivity index (χ1n) is 5.49. The lowest BCUT2D eigenvalue weighted by molar-refractivity contribution is -0.141. The van der Waals surface area contributed by atoms with Gasteiger partial charge < -0.3 is 9.26 Å². The number of aromatic nitrogens is 5. The molecule has 2 aromatic heterocycles.